The van der Waals surface area contributed by atoms with Gasteiger partial charge in [0.25, 0.3) is 0 Å². The van der Waals surface area contributed by atoms with Gasteiger partial charge in [-0.25, -0.2) is 14.8 Å². The molecule has 0 amide bonds. The Balaban J connectivity index is 1.27. The van der Waals surface area contributed by atoms with Gasteiger partial charge in [-0.1, -0.05) is 247 Å². The summed E-state index contributed by atoms with van der Waals surface area (Å²) in [7, 11) is 0. The molecule has 0 bridgehead atoms. The Morgan fingerprint density at radius 1 is 0.459 bits per heavy atom. The fraction of sp³-hybridized carbons (Fsp3) is 0.667. The van der Waals surface area contributed by atoms with Gasteiger partial charge in [0.2, 0.25) is 5.75 Å². The Labute approximate surface area is 534 Å². The number of thiazole rings is 2. The van der Waals surface area contributed by atoms with E-state index in [1.807, 2.05) is 40.1 Å². The number of carbonyl (C=O) groups is 1. The van der Waals surface area contributed by atoms with Crippen LogP contribution in [0, 0.1) is 11.3 Å². The highest BCUT2D eigenvalue weighted by atomic mass is 32.1. The molecular formula is C72H107N3O5S5. The summed E-state index contributed by atoms with van der Waals surface area (Å²) < 4.78 is 25.8. The van der Waals surface area contributed by atoms with Gasteiger partial charge in [0.1, 0.15) is 11.6 Å². The zero-order valence-electron chi connectivity index (χ0n) is 53.3. The second kappa shape index (κ2) is 42.2. The van der Waals surface area contributed by atoms with Gasteiger partial charge in [-0.15, -0.1) is 56.7 Å². The summed E-state index contributed by atoms with van der Waals surface area (Å²) in [6.07, 6.45) is 50.7. The van der Waals surface area contributed by atoms with Crippen molar-refractivity contribution in [2.75, 3.05) is 19.8 Å². The average Bonchev–Trinajstić information content (AvgIpc) is 3.69. The molecule has 0 unspecified atom stereocenters. The molecule has 6 aromatic rings. The zero-order chi connectivity index (χ0) is 60.1. The van der Waals surface area contributed by atoms with Crippen molar-refractivity contribution in [1.82, 2.24) is 9.97 Å². The highest BCUT2D eigenvalue weighted by Crippen LogP contribution is 2.52. The molecule has 1 N–H and O–H groups in total. The molecule has 0 aliphatic heterocycles. The molecule has 85 heavy (non-hydrogen) atoms. The molecule has 470 valence electrons. The normalized spacial score (nSPS) is 11.9. The predicted octanol–water partition coefficient (Wildman–Crippen LogP) is 25.2. The van der Waals surface area contributed by atoms with E-state index in [9.17, 15) is 15.2 Å². The summed E-state index contributed by atoms with van der Waals surface area (Å²) >= 11 is 8.78. The fourth-order valence-electron chi connectivity index (χ4n) is 11.2. The van der Waals surface area contributed by atoms with Gasteiger partial charge in [-0.05, 0) is 80.9 Å². The third kappa shape index (κ3) is 24.6. The van der Waals surface area contributed by atoms with E-state index < -0.39 is 5.97 Å². The Morgan fingerprint density at radius 2 is 0.835 bits per heavy atom. The maximum Gasteiger partial charge on any atom is 0.346 e. The minimum Gasteiger partial charge on any atom is -0.490 e. The molecule has 13 heteroatoms. The second-order valence-corrected chi connectivity index (χ2v) is 29.0. The number of aromatic nitrogens is 2. The summed E-state index contributed by atoms with van der Waals surface area (Å²) in [5.74, 6) is 1.18. The number of carboxylic acid groups (broad SMARTS) is 1. The van der Waals surface area contributed by atoms with Crippen molar-refractivity contribution in [2.45, 2.75) is 291 Å². The molecule has 0 saturated heterocycles. The van der Waals surface area contributed by atoms with Gasteiger partial charge < -0.3 is 19.3 Å². The minimum absolute atomic E-state index is 0.272. The van der Waals surface area contributed by atoms with E-state index in [1.165, 1.54) is 237 Å². The number of nitriles is 1. The Morgan fingerprint density at radius 3 is 1.28 bits per heavy atom. The summed E-state index contributed by atoms with van der Waals surface area (Å²) in [5, 5.41) is 21.2. The van der Waals surface area contributed by atoms with Crippen molar-refractivity contribution >= 4 is 87.5 Å². The Bertz CT molecular complexity index is 2810. The molecule has 0 spiro atoms. The number of rotatable bonds is 51. The van der Waals surface area contributed by atoms with Gasteiger partial charge in [-0.2, -0.15) is 5.26 Å². The van der Waals surface area contributed by atoms with Gasteiger partial charge >= 0.3 is 5.97 Å². The number of fused-ring (bicyclic) bond motifs is 3. The van der Waals surface area contributed by atoms with Gasteiger partial charge in [0.15, 0.2) is 21.5 Å². The molecular weight excluding hydrogens is 1150 g/mol. The van der Waals surface area contributed by atoms with Crippen LogP contribution in [0.1, 0.15) is 295 Å². The van der Waals surface area contributed by atoms with E-state index >= 15 is 0 Å². The number of nitrogens with zero attached hydrogens (tertiary/aromatic N) is 3. The quantitative estimate of drug-likeness (QED) is 0.0228. The average molecular weight is 1250 g/mol. The number of unbranched alkanes of at least 4 members (excludes halogenated alkanes) is 33. The highest BCUT2D eigenvalue weighted by molar-refractivity contribution is 7.40. The maximum atomic E-state index is 12.0. The van der Waals surface area contributed by atoms with E-state index in [2.05, 4.69) is 58.9 Å². The van der Waals surface area contributed by atoms with Gasteiger partial charge in [0.05, 0.1) is 50.4 Å². The van der Waals surface area contributed by atoms with Crippen LogP contribution >= 0.6 is 56.7 Å². The summed E-state index contributed by atoms with van der Waals surface area (Å²) in [4.78, 5) is 26.8. The molecule has 0 fully saturated rings. The number of hydrogen-bond donors (Lipinski definition) is 1. The predicted molar refractivity (Wildman–Crippen MR) is 372 cm³/mol. The first-order chi connectivity index (χ1) is 41.8. The number of ether oxygens (including phenoxy) is 3. The first kappa shape index (κ1) is 70.3. The van der Waals surface area contributed by atoms with E-state index in [0.29, 0.717) is 19.8 Å². The number of carboxylic acids is 1. The molecule has 8 nitrogen and oxygen atoms in total. The van der Waals surface area contributed by atoms with Crippen LogP contribution in [0.15, 0.2) is 29.8 Å². The molecule has 5 heterocycles. The van der Waals surface area contributed by atoms with Crippen LogP contribution in [0.2, 0.25) is 0 Å². The largest absolute Gasteiger partial charge is 0.490 e. The van der Waals surface area contributed by atoms with E-state index in [0.717, 1.165) is 120 Å². The van der Waals surface area contributed by atoms with Crippen molar-refractivity contribution in [3.05, 3.63) is 46.1 Å². The Hall–Kier alpha value is -3.80. The van der Waals surface area contributed by atoms with Crippen molar-refractivity contribution in [2.24, 2.45) is 0 Å². The lowest BCUT2D eigenvalue weighted by molar-refractivity contribution is -0.132. The molecule has 5 aromatic heterocycles. The summed E-state index contributed by atoms with van der Waals surface area (Å²) in [5.41, 5.74) is 2.81. The van der Waals surface area contributed by atoms with Crippen LogP contribution in [0.25, 0.3) is 55.1 Å². The molecule has 0 atom stereocenters. The van der Waals surface area contributed by atoms with Crippen molar-refractivity contribution in [3.63, 3.8) is 0 Å². The van der Waals surface area contributed by atoms with Crippen molar-refractivity contribution in [1.29, 1.82) is 5.26 Å². The molecule has 0 saturated carbocycles. The topological polar surface area (TPSA) is 115 Å². The molecule has 6 rings (SSSR count). The van der Waals surface area contributed by atoms with Crippen LogP contribution in [0.4, 0.5) is 0 Å². The number of aliphatic carboxylic acids is 1. The smallest absolute Gasteiger partial charge is 0.346 e. The molecule has 0 aliphatic rings. The minimum atomic E-state index is -1.22. The lowest BCUT2D eigenvalue weighted by Gasteiger charge is -2.19. The Kier molecular flexibility index (Phi) is 34.9. The van der Waals surface area contributed by atoms with E-state index in [-0.39, 0.29) is 5.57 Å². The van der Waals surface area contributed by atoms with Crippen molar-refractivity contribution in [3.8, 4) is 53.5 Å². The lowest BCUT2D eigenvalue weighted by atomic mass is 10.1. The summed E-state index contributed by atoms with van der Waals surface area (Å²) in [6, 6.07) is 11.1. The number of hydrogen-bond acceptors (Lipinski definition) is 12. The van der Waals surface area contributed by atoms with Crippen LogP contribution in [0.5, 0.6) is 17.2 Å². The molecule has 0 aliphatic carbocycles. The number of thiophene rings is 3. The first-order valence-corrected chi connectivity index (χ1v) is 38.3. The fourth-order valence-corrected chi connectivity index (χ4v) is 17.6. The third-order valence-electron chi connectivity index (χ3n) is 16.4. The van der Waals surface area contributed by atoms with Crippen LogP contribution < -0.4 is 14.2 Å². The lowest BCUT2D eigenvalue weighted by Crippen LogP contribution is -2.06. The maximum absolute atomic E-state index is 12.0. The number of aryl methyl sites for hydroxylation is 2. The molecule has 1 aromatic carbocycles. The van der Waals surface area contributed by atoms with Crippen LogP contribution in [0.3, 0.4) is 0 Å². The van der Waals surface area contributed by atoms with Gasteiger partial charge in [-0.3, -0.25) is 0 Å². The number of benzene rings is 1. The third-order valence-corrected chi connectivity index (χ3v) is 22.7. The van der Waals surface area contributed by atoms with Crippen LogP contribution in [-0.2, 0) is 17.6 Å². The second-order valence-electron chi connectivity index (χ2n) is 23.8. The van der Waals surface area contributed by atoms with Gasteiger partial charge in [0, 0.05) is 19.2 Å². The van der Waals surface area contributed by atoms with Crippen molar-refractivity contribution < 1.29 is 24.1 Å². The SMILES string of the molecule is CCCCCCCCCCCCOc1cc(-c2cc3sc4cc(-c5sc(-c6nc(CCCCCC)c(/C=C(\C#N)C(=O)O)s6)nc5CCCCCC)sc4c3s2)cc(OCCCCCCCCCCCC)c1OCCCCCCCCCCCC. The van der Waals surface area contributed by atoms with E-state index in [1.54, 1.807) is 11.3 Å². The standard InChI is InChI=1S/C72H107N3O5S5/c1-6-11-16-21-24-27-30-33-36-41-46-78-59-49-55(50-60(79-47-42-37-34-31-28-25-22-17-12-7-2)66(59)80-48-43-38-35-32-29-26-23-18-13-8-3)61-52-64-68(82-61)69-65(81-64)53-63(83-69)67-58(45-40-20-15-10-5)75-71(85-67)70-74-57(44-39-19-14-9-4)62(84-70)51-56(54-73)72(76)77/h49-53H,6-48H2,1-5H3,(H,76,77)/b56-51+. The van der Waals surface area contributed by atoms with E-state index in [4.69, 9.17) is 24.2 Å². The van der Waals surface area contributed by atoms with Crippen LogP contribution in [-0.4, -0.2) is 40.9 Å². The highest BCUT2D eigenvalue weighted by Gasteiger charge is 2.24. The summed E-state index contributed by atoms with van der Waals surface area (Å²) in [6.45, 7) is 13.3. The first-order valence-electron chi connectivity index (χ1n) is 34.2. The zero-order valence-corrected chi connectivity index (χ0v) is 57.3. The molecule has 0 radical (unpaired) electrons. The monoisotopic (exact) mass is 1250 g/mol.